The highest BCUT2D eigenvalue weighted by Gasteiger charge is 2.45. The van der Waals surface area contributed by atoms with Gasteiger partial charge in [0, 0.05) is 107 Å². The van der Waals surface area contributed by atoms with Gasteiger partial charge in [0.1, 0.15) is 90.3 Å². The number of phenolic OH excluding ortho intramolecular Hbond substituents is 1. The zero-order chi connectivity index (χ0) is 96.6. The predicted molar refractivity (Wildman–Crippen MR) is 504 cm³/mol. The summed E-state index contributed by atoms with van der Waals surface area (Å²) in [5.74, 6) is -13.7. The number of carbonyl (C=O) groups is 16. The number of nitrogens with two attached hydrogens (primary N) is 1. The molecule has 37 nitrogen and oxygen atoms in total. The van der Waals surface area contributed by atoms with E-state index >= 15 is 33.6 Å². The Morgan fingerprint density at radius 1 is 0.571 bits per heavy atom. The fraction of sp³-hybridized carbons (Fsp3) is 0.516. The zero-order valence-electron chi connectivity index (χ0n) is 76.7. The molecule has 3 aliphatic heterocycles. The van der Waals surface area contributed by atoms with Gasteiger partial charge in [0.2, 0.25) is 88.6 Å². The maximum Gasteiger partial charge on any atom is 0.323 e. The van der Waals surface area contributed by atoms with Crippen molar-refractivity contribution in [3.05, 3.63) is 125 Å². The second kappa shape index (κ2) is 48.3. The molecule has 0 saturated carbocycles. The Morgan fingerprint density at radius 2 is 1.14 bits per heavy atom. The number of likely N-dealkylation sites (N-methyl/N-ethyl adjacent to an activating group) is 3. The number of carbonyl (C=O) groups excluding carboxylic acids is 15. The van der Waals surface area contributed by atoms with Crippen LogP contribution in [0.3, 0.4) is 0 Å². The quantitative estimate of drug-likeness (QED) is 0.0418. The zero-order valence-corrected chi connectivity index (χ0v) is 79.1. The van der Waals surface area contributed by atoms with E-state index in [0.29, 0.717) is 79.4 Å². The van der Waals surface area contributed by atoms with E-state index < -0.39 is 187 Å². The van der Waals surface area contributed by atoms with Crippen LogP contribution in [0.1, 0.15) is 149 Å². The number of anilines is 1. The normalized spacial score (nSPS) is 23.5. The number of aromatic amines is 1. The summed E-state index contributed by atoms with van der Waals surface area (Å²) >= 11 is 8.85. The number of unbranched alkanes of at least 4 members (excludes halogenated alkanes) is 2. The Kier molecular flexibility index (Phi) is 37.3. The van der Waals surface area contributed by atoms with Crippen LogP contribution in [-0.4, -0.2) is 282 Å². The van der Waals surface area contributed by atoms with Gasteiger partial charge in [0.25, 0.3) is 0 Å². The van der Waals surface area contributed by atoms with Crippen molar-refractivity contribution in [1.29, 1.82) is 0 Å². The number of thioether (sulfide) groups is 1. The summed E-state index contributed by atoms with van der Waals surface area (Å²) in [5, 5.41) is 50.3. The van der Waals surface area contributed by atoms with E-state index in [4.69, 9.17) is 17.3 Å². The predicted octanol–water partition coefficient (Wildman–Crippen LogP) is 4.52. The molecule has 0 bridgehead atoms. The Hall–Kier alpha value is -12.4. The van der Waals surface area contributed by atoms with Gasteiger partial charge in [0.05, 0.1) is 28.4 Å². The molecule has 10 rings (SSSR count). The number of aliphatic carboxylic acids is 1. The lowest BCUT2D eigenvalue weighted by molar-refractivity contribution is -0.149. The summed E-state index contributed by atoms with van der Waals surface area (Å²) < 4.78 is 2.16. The Balaban J connectivity index is 0.991. The molecule has 7 aromatic rings. The van der Waals surface area contributed by atoms with Crippen LogP contribution in [0, 0.1) is 11.8 Å². The van der Waals surface area contributed by atoms with Crippen LogP contribution in [0.4, 0.5) is 5.13 Å². The number of aromatic nitrogens is 3. The van der Waals surface area contributed by atoms with Crippen LogP contribution >= 0.6 is 34.7 Å². The number of amides is 15. The van der Waals surface area contributed by atoms with Gasteiger partial charge in [-0.3, -0.25) is 76.7 Å². The van der Waals surface area contributed by atoms with Gasteiger partial charge in [-0.2, -0.15) is 11.8 Å². The van der Waals surface area contributed by atoms with Crippen molar-refractivity contribution in [3.8, 4) is 5.75 Å². The minimum absolute atomic E-state index is 0.00229. The lowest BCUT2D eigenvalue weighted by Gasteiger charge is -2.36. The number of primary amides is 1. The summed E-state index contributed by atoms with van der Waals surface area (Å²) in [5.41, 5.74) is 8.90. The third-order valence-electron chi connectivity index (χ3n) is 24.2. The second-order valence-corrected chi connectivity index (χ2v) is 37.6. The molecule has 0 radical (unpaired) electrons. The number of aromatic hydroxyl groups is 1. The van der Waals surface area contributed by atoms with E-state index in [2.05, 4.69) is 63.1 Å². The first kappa shape index (κ1) is 103. The number of fused-ring (bicyclic) bond motifs is 5. The Labute approximate surface area is 785 Å². The average Bonchev–Trinajstić information content (AvgIpc) is 1.65. The number of hydrogen-bond donors (Lipinski definition) is 14. The highest BCUT2D eigenvalue weighted by Crippen LogP contribution is 2.33. The lowest BCUT2D eigenvalue weighted by Crippen LogP contribution is -2.61. The fourth-order valence-electron chi connectivity index (χ4n) is 17.0. The molecule has 133 heavy (non-hydrogen) atoms. The molecule has 3 aromatic heterocycles. The molecule has 2 unspecified atom stereocenters. The largest absolute Gasteiger partial charge is 0.508 e. The number of nitrogens with zero attached hydrogens (tertiary/aromatic N) is 7. The maximum absolute atomic E-state index is 15.7. The molecule has 718 valence electrons. The van der Waals surface area contributed by atoms with Crippen molar-refractivity contribution in [2.24, 2.45) is 17.6 Å². The van der Waals surface area contributed by atoms with E-state index in [1.165, 1.54) is 82.9 Å². The maximum atomic E-state index is 15.7. The first-order valence-corrected chi connectivity index (χ1v) is 47.6. The summed E-state index contributed by atoms with van der Waals surface area (Å²) in [6.07, 6.45) is 4.84. The first-order valence-electron chi connectivity index (χ1n) is 45.3. The Morgan fingerprint density at radius 3 is 1.78 bits per heavy atom. The lowest BCUT2D eigenvalue weighted by atomic mass is 9.99. The number of rotatable bonds is 23. The van der Waals surface area contributed by atoms with Gasteiger partial charge in [-0.15, -0.1) is 0 Å². The number of phenols is 1. The third-order valence-corrected chi connectivity index (χ3v) is 26.4. The van der Waals surface area contributed by atoms with Crippen LogP contribution < -0.4 is 58.9 Å². The minimum Gasteiger partial charge on any atom is -0.508 e. The number of H-pyrrole nitrogens is 1. The first-order chi connectivity index (χ1) is 63.4. The number of benzene rings is 4. The van der Waals surface area contributed by atoms with Crippen molar-refractivity contribution in [2.75, 3.05) is 70.7 Å². The van der Waals surface area contributed by atoms with E-state index in [1.807, 2.05) is 53.7 Å². The van der Waals surface area contributed by atoms with Gasteiger partial charge in [-0.1, -0.05) is 145 Å². The van der Waals surface area contributed by atoms with Gasteiger partial charge < -0.3 is 103 Å². The number of hydrogen-bond acceptors (Lipinski definition) is 21. The van der Waals surface area contributed by atoms with E-state index in [9.17, 15) is 53.4 Å². The number of thiazole rings is 1. The molecule has 3 saturated heterocycles. The van der Waals surface area contributed by atoms with Crippen molar-refractivity contribution in [2.45, 2.75) is 230 Å². The van der Waals surface area contributed by atoms with E-state index in [-0.39, 0.29) is 131 Å². The van der Waals surface area contributed by atoms with Crippen molar-refractivity contribution in [3.63, 3.8) is 0 Å². The third kappa shape index (κ3) is 27.7. The summed E-state index contributed by atoms with van der Waals surface area (Å²) in [7, 11) is 4.14. The SMILES string of the molecule is CCCC[C@H]1C(=O)N(C)[C@@H](CCCC)C(=O)N[C@@H](CC(C)C)C(=O)NCCSCC(=O)N[C@@H](Cc2ccc(O)cc2)C(=O)N(C)[C@@H](C)C(=O)N[C@@H](CC(N)=O)C(=O)N2CCCC2C(=O)N[C@@H](CNc2nc3c(Cl)cccc3s2)C(=O)N[C@@H](CC(C)C)C(=O)N2CCCC2C(=O)N[C@@H](Cc2c[nH]c3ccccc23)C(=O)NCC(=O)N[C@@H](Cc2cn(CC(=O)O)c3ccccc23)C(=O)N1C. The highest BCUT2D eigenvalue weighted by atomic mass is 35.5. The van der Waals surface area contributed by atoms with Gasteiger partial charge in [0.15, 0.2) is 5.13 Å². The Bertz CT molecular complexity index is 5370. The number of halogens is 1. The van der Waals surface area contributed by atoms with E-state index in [0.717, 1.165) is 21.6 Å². The fourth-order valence-corrected chi connectivity index (χ4v) is 18.9. The number of para-hydroxylation sites is 3. The highest BCUT2D eigenvalue weighted by molar-refractivity contribution is 7.99. The van der Waals surface area contributed by atoms with Crippen molar-refractivity contribution in [1.82, 2.24) is 86.9 Å². The average molecular weight is 1900 g/mol. The van der Waals surface area contributed by atoms with E-state index in [1.54, 1.807) is 67.0 Å². The summed E-state index contributed by atoms with van der Waals surface area (Å²) in [6, 6.07) is 8.48. The molecule has 15 N–H and O–H groups in total. The van der Waals surface area contributed by atoms with Crippen molar-refractivity contribution < 1.29 is 86.9 Å². The van der Waals surface area contributed by atoms with Crippen molar-refractivity contribution >= 4 is 166 Å². The van der Waals surface area contributed by atoms with Crippen LogP contribution in [0.2, 0.25) is 5.02 Å². The summed E-state index contributed by atoms with van der Waals surface area (Å²) in [4.78, 5) is 249. The monoisotopic (exact) mass is 1890 g/mol. The number of nitrogens with one attached hydrogen (secondary N) is 11. The number of carboxylic acids is 1. The molecule has 0 aliphatic carbocycles. The molecule has 15 amide bonds. The van der Waals surface area contributed by atoms with Gasteiger partial charge in [-0.05, 0) is 123 Å². The van der Waals surface area contributed by atoms with Crippen LogP contribution in [-0.2, 0) is 103 Å². The molecule has 6 heterocycles. The summed E-state index contributed by atoms with van der Waals surface area (Å²) in [6.45, 7) is 10.7. The van der Waals surface area contributed by atoms with Crippen LogP contribution in [0.25, 0.3) is 32.0 Å². The van der Waals surface area contributed by atoms with Gasteiger partial charge in [-0.25, -0.2) is 4.98 Å². The molecule has 0 spiro atoms. The van der Waals surface area contributed by atoms with Crippen LogP contribution in [0.5, 0.6) is 5.75 Å². The molecule has 4 aromatic carbocycles. The molecule has 40 heteroatoms. The topological polar surface area (TPSA) is 510 Å². The molecular formula is C93H124ClN19O18S2. The smallest absolute Gasteiger partial charge is 0.323 e. The number of carboxylic acid groups (broad SMARTS) is 1. The second-order valence-electron chi connectivity index (χ2n) is 35.1. The standard InChI is InChI=1S/C93H124ClN19O18S2/c1-11-13-26-71-85(124)102-63(40-52(3)4)82(121)96-36-39-132-51-78(117)101-66(42-55-32-34-58(114)35-33-55)88(127)108(8)54(7)81(120)104-68(45-76(95)115)91(130)113-38-21-30-73(113)87(126)106-69(47-99-93-107-80-61(94)24-19-31-75(80)133-93)84(123)105-65(41-53(5)6)90(129)112-37-20-29-72(112)86(125)103-64(43-56-46-97-62-25-17-15-22-59(56)62)83(122)98-48-77(116)100-67(89(128)110(10)74(27-14-12-2)92(131)109(71)9)44-57-49-111(50-79(118)119)70-28-18-16-23-60(57)70/h15-19,22-25,28,31-35,46,49,52-54,63-69,71-74,97,114H,11-14,20-21,26-27,29-30,36-45,47-48,50-51H2,1-10H3,(H2,95,115)(H,96,121)(H,98,122)(H,99,107)(H,100,116)(H,101,117)(H,102,124)(H,103,125)(H,104,120)(H,105,123)(H,106,126)(H,118,119)/t54-,63-,64-,65-,66-,67-,68-,69-,71-,72?,73?,74-/m0/s1. The molecule has 3 fully saturated rings. The van der Waals surface area contributed by atoms with Crippen LogP contribution in [0.15, 0.2) is 103 Å². The minimum atomic E-state index is -1.72. The molecular weight excluding hydrogens is 1770 g/mol. The molecule has 3 aliphatic rings. The van der Waals surface area contributed by atoms with Gasteiger partial charge >= 0.3 is 5.97 Å². The molecule has 12 atom stereocenters.